The van der Waals surface area contributed by atoms with Gasteiger partial charge in [0, 0.05) is 50.4 Å². The maximum Gasteiger partial charge on any atom is 0.253 e. The summed E-state index contributed by atoms with van der Waals surface area (Å²) in [6.45, 7) is 8.87. The fraction of sp³-hybridized carbons (Fsp3) is 0.391. The summed E-state index contributed by atoms with van der Waals surface area (Å²) in [5.41, 5.74) is 2.52. The molecule has 1 aliphatic rings. The lowest BCUT2D eigenvalue weighted by atomic mass is 10.1. The molecule has 2 aromatic rings. The third-order valence-corrected chi connectivity index (χ3v) is 4.97. The lowest BCUT2D eigenvalue weighted by Gasteiger charge is -2.34. The van der Waals surface area contributed by atoms with Gasteiger partial charge in [0.05, 0.1) is 0 Å². The number of nitrogens with zero attached hydrogens (tertiary/aromatic N) is 2. The van der Waals surface area contributed by atoms with E-state index in [4.69, 9.17) is 0 Å². The standard InChI is InChI=1S/C23H29N3O2/c1-18(2)16-24-22(27)20-8-10-21(11-9-20)23(28)26-14-12-25(13-15-26)17-19-6-4-3-5-7-19/h3-11,18H,12-17H2,1-2H3,(H,24,27). The smallest absolute Gasteiger partial charge is 0.253 e. The molecule has 0 spiro atoms. The van der Waals surface area contributed by atoms with Crippen molar-refractivity contribution in [2.24, 2.45) is 5.92 Å². The Hall–Kier alpha value is -2.66. The quantitative estimate of drug-likeness (QED) is 0.839. The SMILES string of the molecule is CC(C)CNC(=O)c1ccc(C(=O)N2CCN(Cc3ccccc3)CC2)cc1. The lowest BCUT2D eigenvalue weighted by Crippen LogP contribution is -2.48. The summed E-state index contributed by atoms with van der Waals surface area (Å²) in [6, 6.07) is 17.4. The van der Waals surface area contributed by atoms with Gasteiger partial charge in [-0.1, -0.05) is 44.2 Å². The first-order valence-electron chi connectivity index (χ1n) is 9.97. The van der Waals surface area contributed by atoms with Crippen LogP contribution in [0.25, 0.3) is 0 Å². The first kappa shape index (κ1) is 20.1. The molecule has 1 fully saturated rings. The molecule has 5 heteroatoms. The highest BCUT2D eigenvalue weighted by molar-refractivity contribution is 5.97. The topological polar surface area (TPSA) is 52.7 Å². The second-order valence-corrected chi connectivity index (χ2v) is 7.74. The molecule has 148 valence electrons. The Labute approximate surface area is 167 Å². The molecule has 28 heavy (non-hydrogen) atoms. The number of piperazine rings is 1. The molecule has 5 nitrogen and oxygen atoms in total. The predicted molar refractivity (Wildman–Crippen MR) is 111 cm³/mol. The second kappa shape index (κ2) is 9.51. The minimum absolute atomic E-state index is 0.0356. The molecule has 0 aromatic heterocycles. The van der Waals surface area contributed by atoms with Crippen LogP contribution < -0.4 is 5.32 Å². The Morgan fingerprint density at radius 2 is 1.50 bits per heavy atom. The summed E-state index contributed by atoms with van der Waals surface area (Å²) in [6.07, 6.45) is 0. The van der Waals surface area contributed by atoms with Gasteiger partial charge in [0.2, 0.25) is 0 Å². The van der Waals surface area contributed by atoms with E-state index in [9.17, 15) is 9.59 Å². The monoisotopic (exact) mass is 379 g/mol. The molecule has 2 amide bonds. The molecule has 0 aliphatic carbocycles. The third-order valence-electron chi connectivity index (χ3n) is 4.97. The number of benzene rings is 2. The van der Waals surface area contributed by atoms with Crippen LogP contribution in [0, 0.1) is 5.92 Å². The van der Waals surface area contributed by atoms with Crippen LogP contribution in [-0.2, 0) is 6.54 Å². The Morgan fingerprint density at radius 3 is 2.11 bits per heavy atom. The van der Waals surface area contributed by atoms with Crippen LogP contribution in [0.3, 0.4) is 0 Å². The summed E-state index contributed by atoms with van der Waals surface area (Å²) in [4.78, 5) is 29.1. The highest BCUT2D eigenvalue weighted by Crippen LogP contribution is 2.13. The maximum atomic E-state index is 12.8. The minimum Gasteiger partial charge on any atom is -0.352 e. The molecule has 0 unspecified atom stereocenters. The first-order valence-corrected chi connectivity index (χ1v) is 9.97. The molecular weight excluding hydrogens is 350 g/mol. The fourth-order valence-electron chi connectivity index (χ4n) is 3.30. The molecule has 0 radical (unpaired) electrons. The van der Waals surface area contributed by atoms with Crippen LogP contribution in [0.2, 0.25) is 0 Å². The van der Waals surface area contributed by atoms with Crippen LogP contribution in [-0.4, -0.2) is 54.3 Å². The Balaban J connectivity index is 1.51. The number of carbonyl (C=O) groups is 2. The number of hydrogen-bond donors (Lipinski definition) is 1. The van der Waals surface area contributed by atoms with Crippen molar-refractivity contribution in [1.29, 1.82) is 0 Å². The average Bonchev–Trinajstić information content (AvgIpc) is 2.73. The molecule has 0 atom stereocenters. The zero-order chi connectivity index (χ0) is 19.9. The summed E-state index contributed by atoms with van der Waals surface area (Å²) in [5, 5.41) is 2.90. The van der Waals surface area contributed by atoms with E-state index in [-0.39, 0.29) is 11.8 Å². The van der Waals surface area contributed by atoms with E-state index in [1.54, 1.807) is 24.3 Å². The molecule has 0 saturated carbocycles. The fourth-order valence-corrected chi connectivity index (χ4v) is 3.30. The molecule has 1 N–H and O–H groups in total. The Kier molecular flexibility index (Phi) is 6.82. The average molecular weight is 380 g/mol. The Morgan fingerprint density at radius 1 is 0.893 bits per heavy atom. The van der Waals surface area contributed by atoms with Crippen LogP contribution in [0.4, 0.5) is 0 Å². The van der Waals surface area contributed by atoms with Crippen molar-refractivity contribution in [3.63, 3.8) is 0 Å². The van der Waals surface area contributed by atoms with E-state index >= 15 is 0 Å². The number of amides is 2. The highest BCUT2D eigenvalue weighted by atomic mass is 16.2. The first-order chi connectivity index (χ1) is 13.5. The van der Waals surface area contributed by atoms with Crippen LogP contribution in [0.1, 0.15) is 40.1 Å². The molecule has 0 bridgehead atoms. The van der Waals surface area contributed by atoms with Crippen molar-refractivity contribution in [3.8, 4) is 0 Å². The number of rotatable bonds is 6. The largest absolute Gasteiger partial charge is 0.352 e. The van der Waals surface area contributed by atoms with E-state index in [2.05, 4.69) is 48.3 Å². The summed E-state index contributed by atoms with van der Waals surface area (Å²) in [5.74, 6) is 0.348. The van der Waals surface area contributed by atoms with E-state index in [0.717, 1.165) is 32.7 Å². The van der Waals surface area contributed by atoms with Gasteiger partial charge in [-0.3, -0.25) is 14.5 Å². The van der Waals surface area contributed by atoms with Gasteiger partial charge in [-0.05, 0) is 35.7 Å². The lowest BCUT2D eigenvalue weighted by molar-refractivity contribution is 0.0628. The van der Waals surface area contributed by atoms with E-state index in [0.29, 0.717) is 23.6 Å². The van der Waals surface area contributed by atoms with Crippen molar-refractivity contribution < 1.29 is 9.59 Å². The summed E-state index contributed by atoms with van der Waals surface area (Å²) in [7, 11) is 0. The molecule has 1 saturated heterocycles. The van der Waals surface area contributed by atoms with Gasteiger partial charge in [-0.25, -0.2) is 0 Å². The minimum atomic E-state index is -0.0952. The van der Waals surface area contributed by atoms with Crippen molar-refractivity contribution in [1.82, 2.24) is 15.1 Å². The van der Waals surface area contributed by atoms with Crippen LogP contribution >= 0.6 is 0 Å². The van der Waals surface area contributed by atoms with Gasteiger partial charge in [-0.15, -0.1) is 0 Å². The van der Waals surface area contributed by atoms with Crippen molar-refractivity contribution in [2.75, 3.05) is 32.7 Å². The predicted octanol–water partition coefficient (Wildman–Crippen LogP) is 3.03. The van der Waals surface area contributed by atoms with Gasteiger partial charge >= 0.3 is 0 Å². The summed E-state index contributed by atoms with van der Waals surface area (Å²) < 4.78 is 0. The van der Waals surface area contributed by atoms with Crippen molar-refractivity contribution in [2.45, 2.75) is 20.4 Å². The zero-order valence-corrected chi connectivity index (χ0v) is 16.7. The van der Waals surface area contributed by atoms with E-state index in [1.165, 1.54) is 5.56 Å². The summed E-state index contributed by atoms with van der Waals surface area (Å²) >= 11 is 0. The second-order valence-electron chi connectivity index (χ2n) is 7.74. The van der Waals surface area contributed by atoms with Gasteiger partial charge in [0.15, 0.2) is 0 Å². The molecule has 1 heterocycles. The molecule has 3 rings (SSSR count). The van der Waals surface area contributed by atoms with Crippen molar-refractivity contribution >= 4 is 11.8 Å². The van der Waals surface area contributed by atoms with Gasteiger partial charge in [0.1, 0.15) is 0 Å². The van der Waals surface area contributed by atoms with E-state index in [1.807, 2.05) is 11.0 Å². The van der Waals surface area contributed by atoms with Gasteiger partial charge in [-0.2, -0.15) is 0 Å². The normalized spacial score (nSPS) is 14.9. The van der Waals surface area contributed by atoms with Gasteiger partial charge < -0.3 is 10.2 Å². The van der Waals surface area contributed by atoms with Crippen LogP contribution in [0.15, 0.2) is 54.6 Å². The van der Waals surface area contributed by atoms with Crippen LogP contribution in [0.5, 0.6) is 0 Å². The maximum absolute atomic E-state index is 12.8. The van der Waals surface area contributed by atoms with Crippen molar-refractivity contribution in [3.05, 3.63) is 71.3 Å². The van der Waals surface area contributed by atoms with Gasteiger partial charge in [0.25, 0.3) is 11.8 Å². The molecule has 1 aliphatic heterocycles. The number of hydrogen-bond acceptors (Lipinski definition) is 3. The van der Waals surface area contributed by atoms with E-state index < -0.39 is 0 Å². The zero-order valence-electron chi connectivity index (χ0n) is 16.7. The highest BCUT2D eigenvalue weighted by Gasteiger charge is 2.22. The number of nitrogens with one attached hydrogen (secondary N) is 1. The third kappa shape index (κ3) is 5.42. The Bertz CT molecular complexity index is 779. The molecular formula is C23H29N3O2. The molecule has 2 aromatic carbocycles. The number of carbonyl (C=O) groups excluding carboxylic acids is 2.